The van der Waals surface area contributed by atoms with Gasteiger partial charge in [-0.2, -0.15) is 13.2 Å². The van der Waals surface area contributed by atoms with Crippen LogP contribution in [0.1, 0.15) is 44.2 Å². The van der Waals surface area contributed by atoms with Gasteiger partial charge in [0, 0.05) is 19.1 Å². The Morgan fingerprint density at radius 3 is 2.62 bits per heavy atom. The fraction of sp³-hybridized carbons (Fsp3) is 0.579. The Labute approximate surface area is 151 Å². The molecule has 1 fully saturated rings. The van der Waals surface area contributed by atoms with Crippen LogP contribution >= 0.6 is 0 Å². The first-order valence-electron chi connectivity index (χ1n) is 8.93. The Morgan fingerprint density at radius 1 is 1.27 bits per heavy atom. The number of hydrogen-bond acceptors (Lipinski definition) is 2. The zero-order valence-corrected chi connectivity index (χ0v) is 15.1. The number of benzene rings is 1. The lowest BCUT2D eigenvalue weighted by Gasteiger charge is -2.32. The average molecular weight is 370 g/mol. The third-order valence-electron chi connectivity index (χ3n) is 4.56. The molecule has 26 heavy (non-hydrogen) atoms. The Morgan fingerprint density at radius 2 is 1.96 bits per heavy atom. The van der Waals surface area contributed by atoms with Gasteiger partial charge in [-0.15, -0.1) is 0 Å². The normalized spacial score (nSPS) is 18.1. The molecule has 0 saturated carbocycles. The van der Waals surface area contributed by atoms with Crippen LogP contribution in [0.3, 0.4) is 0 Å². The van der Waals surface area contributed by atoms with Gasteiger partial charge in [-0.25, -0.2) is 0 Å². The maximum atomic E-state index is 13.1. The van der Waals surface area contributed by atoms with Crippen LogP contribution in [0.2, 0.25) is 0 Å². The third kappa shape index (κ3) is 5.47. The van der Waals surface area contributed by atoms with Gasteiger partial charge in [0.15, 0.2) is 0 Å². The summed E-state index contributed by atoms with van der Waals surface area (Å²) in [6, 6.07) is 5.48. The van der Waals surface area contributed by atoms with Gasteiger partial charge in [-0.05, 0) is 57.1 Å². The van der Waals surface area contributed by atoms with Crippen molar-refractivity contribution in [1.82, 2.24) is 10.2 Å². The number of piperidine rings is 1. The quantitative estimate of drug-likeness (QED) is 0.826. The number of rotatable bonds is 4. The molecule has 1 saturated heterocycles. The van der Waals surface area contributed by atoms with Gasteiger partial charge in [0.2, 0.25) is 0 Å². The summed E-state index contributed by atoms with van der Waals surface area (Å²) in [5.74, 6) is -1.08. The lowest BCUT2D eigenvalue weighted by Crippen LogP contribution is -2.48. The second kappa shape index (κ2) is 8.56. The minimum atomic E-state index is -4.36. The fourth-order valence-corrected chi connectivity index (χ4v) is 3.33. The van der Waals surface area contributed by atoms with E-state index in [1.807, 2.05) is 0 Å². The molecule has 1 aromatic rings. The molecule has 1 atom stereocenters. The van der Waals surface area contributed by atoms with Crippen LogP contribution in [0.15, 0.2) is 24.3 Å². The fourth-order valence-electron chi connectivity index (χ4n) is 3.33. The van der Waals surface area contributed by atoms with Crippen molar-refractivity contribution >= 4 is 11.8 Å². The van der Waals surface area contributed by atoms with Crippen molar-refractivity contribution in [2.75, 3.05) is 13.1 Å². The molecule has 1 aliphatic heterocycles. The maximum absolute atomic E-state index is 13.1. The second-order valence-corrected chi connectivity index (χ2v) is 7.08. The van der Waals surface area contributed by atoms with Crippen molar-refractivity contribution in [2.24, 2.45) is 5.92 Å². The molecule has 2 amide bonds. The Kier molecular flexibility index (Phi) is 6.67. The number of amides is 2. The van der Waals surface area contributed by atoms with Crippen molar-refractivity contribution in [2.45, 2.75) is 51.7 Å². The largest absolute Gasteiger partial charge is 0.416 e. The van der Waals surface area contributed by atoms with E-state index in [4.69, 9.17) is 0 Å². The van der Waals surface area contributed by atoms with Crippen LogP contribution in [-0.4, -0.2) is 35.8 Å². The lowest BCUT2D eigenvalue weighted by atomic mass is 9.90. The molecule has 0 radical (unpaired) electrons. The standard InChI is InChI=1S/C19H25F3N2O2/c1-13(2)23-17(25)18(26)24-11-5-6-14(12-24)9-10-15-7-3-4-8-16(15)19(20,21)22/h3-4,7-8,13-14H,5-6,9-12H2,1-2H3,(H,23,25). The average Bonchev–Trinajstić information content (AvgIpc) is 2.58. The van der Waals surface area contributed by atoms with E-state index in [9.17, 15) is 22.8 Å². The van der Waals surface area contributed by atoms with Crippen LogP contribution in [0, 0.1) is 5.92 Å². The molecule has 144 valence electrons. The van der Waals surface area contributed by atoms with Crippen molar-refractivity contribution in [3.05, 3.63) is 35.4 Å². The SMILES string of the molecule is CC(C)NC(=O)C(=O)N1CCCC(CCc2ccccc2C(F)(F)F)C1. The summed E-state index contributed by atoms with van der Waals surface area (Å²) >= 11 is 0. The van der Waals surface area contributed by atoms with Gasteiger partial charge in [0.05, 0.1) is 5.56 Å². The number of alkyl halides is 3. The molecule has 0 bridgehead atoms. The molecule has 0 spiro atoms. The predicted molar refractivity (Wildman–Crippen MR) is 92.3 cm³/mol. The van der Waals surface area contributed by atoms with E-state index >= 15 is 0 Å². The lowest BCUT2D eigenvalue weighted by molar-refractivity contribution is -0.147. The highest BCUT2D eigenvalue weighted by molar-refractivity contribution is 6.35. The molecule has 7 heteroatoms. The van der Waals surface area contributed by atoms with E-state index in [1.165, 1.54) is 17.0 Å². The summed E-state index contributed by atoms with van der Waals surface area (Å²) < 4.78 is 39.2. The molecular formula is C19H25F3N2O2. The molecular weight excluding hydrogens is 345 g/mol. The first-order chi connectivity index (χ1) is 12.2. The Bertz CT molecular complexity index is 644. The van der Waals surface area contributed by atoms with Crippen molar-refractivity contribution < 1.29 is 22.8 Å². The highest BCUT2D eigenvalue weighted by Crippen LogP contribution is 2.33. The number of carbonyl (C=O) groups excluding carboxylic acids is 2. The topological polar surface area (TPSA) is 49.4 Å². The zero-order chi connectivity index (χ0) is 19.3. The van der Waals surface area contributed by atoms with Crippen molar-refractivity contribution in [3.8, 4) is 0 Å². The predicted octanol–water partition coefficient (Wildman–Crippen LogP) is 3.40. The molecule has 1 aromatic carbocycles. The number of likely N-dealkylation sites (tertiary alicyclic amines) is 1. The van der Waals surface area contributed by atoms with Crippen molar-refractivity contribution in [1.29, 1.82) is 0 Å². The van der Waals surface area contributed by atoms with E-state index in [-0.39, 0.29) is 17.5 Å². The second-order valence-electron chi connectivity index (χ2n) is 7.08. The third-order valence-corrected chi connectivity index (χ3v) is 4.56. The first-order valence-corrected chi connectivity index (χ1v) is 8.93. The first kappa shape index (κ1) is 20.3. The van der Waals surface area contributed by atoms with Crippen LogP contribution in [0.25, 0.3) is 0 Å². The van der Waals surface area contributed by atoms with Crippen molar-refractivity contribution in [3.63, 3.8) is 0 Å². The minimum absolute atomic E-state index is 0.0980. The molecule has 1 N–H and O–H groups in total. The number of hydrogen-bond donors (Lipinski definition) is 1. The van der Waals surface area contributed by atoms with Crippen LogP contribution < -0.4 is 5.32 Å². The van der Waals surface area contributed by atoms with Gasteiger partial charge in [-0.1, -0.05) is 18.2 Å². The van der Waals surface area contributed by atoms with E-state index < -0.39 is 23.6 Å². The van der Waals surface area contributed by atoms with E-state index in [1.54, 1.807) is 19.9 Å². The number of aryl methyl sites for hydroxylation is 1. The van der Waals surface area contributed by atoms with Gasteiger partial charge < -0.3 is 10.2 Å². The van der Waals surface area contributed by atoms with E-state index in [2.05, 4.69) is 5.32 Å². The molecule has 4 nitrogen and oxygen atoms in total. The van der Waals surface area contributed by atoms with Gasteiger partial charge in [0.25, 0.3) is 0 Å². The highest BCUT2D eigenvalue weighted by Gasteiger charge is 2.33. The summed E-state index contributed by atoms with van der Waals surface area (Å²) in [7, 11) is 0. The van der Waals surface area contributed by atoms with Crippen LogP contribution in [-0.2, 0) is 22.2 Å². The molecule has 0 aliphatic carbocycles. The van der Waals surface area contributed by atoms with E-state index in [0.29, 0.717) is 25.9 Å². The van der Waals surface area contributed by atoms with Crippen LogP contribution in [0.5, 0.6) is 0 Å². The van der Waals surface area contributed by atoms with Gasteiger partial charge in [-0.3, -0.25) is 9.59 Å². The number of carbonyl (C=O) groups is 2. The smallest absolute Gasteiger partial charge is 0.346 e. The molecule has 0 aromatic heterocycles. The summed E-state index contributed by atoms with van der Waals surface area (Å²) in [5, 5.41) is 2.58. The zero-order valence-electron chi connectivity index (χ0n) is 15.1. The maximum Gasteiger partial charge on any atom is 0.416 e. The molecule has 2 rings (SSSR count). The van der Waals surface area contributed by atoms with Gasteiger partial charge in [0.1, 0.15) is 0 Å². The molecule has 1 unspecified atom stereocenters. The number of nitrogens with zero attached hydrogens (tertiary/aromatic N) is 1. The van der Waals surface area contributed by atoms with Gasteiger partial charge >= 0.3 is 18.0 Å². The Balaban J connectivity index is 1.95. The summed E-state index contributed by atoms with van der Waals surface area (Å²) in [5.41, 5.74) is -0.318. The number of halogens is 3. The minimum Gasteiger partial charge on any atom is -0.346 e. The monoisotopic (exact) mass is 370 g/mol. The Hall–Kier alpha value is -2.05. The molecule has 1 heterocycles. The summed E-state index contributed by atoms with van der Waals surface area (Å²) in [4.78, 5) is 25.6. The summed E-state index contributed by atoms with van der Waals surface area (Å²) in [6.07, 6.45) is -1.89. The molecule has 1 aliphatic rings. The number of nitrogens with one attached hydrogen (secondary N) is 1. The highest BCUT2D eigenvalue weighted by atomic mass is 19.4. The van der Waals surface area contributed by atoms with E-state index in [0.717, 1.165) is 18.9 Å². The summed E-state index contributed by atoms with van der Waals surface area (Å²) in [6.45, 7) is 4.49. The van der Waals surface area contributed by atoms with Crippen LogP contribution in [0.4, 0.5) is 13.2 Å².